The number of rotatable bonds is 3. The molecule has 6 heteroatoms. The van der Waals surface area contributed by atoms with Crippen LogP contribution < -0.4 is 4.90 Å². The van der Waals surface area contributed by atoms with Crippen LogP contribution >= 0.6 is 0 Å². The molecule has 220 valence electrons. The van der Waals surface area contributed by atoms with Crippen LogP contribution in [0.25, 0.3) is 17.7 Å². The van der Waals surface area contributed by atoms with E-state index in [1.54, 1.807) is 4.90 Å². The number of piperazine rings is 1. The summed E-state index contributed by atoms with van der Waals surface area (Å²) in [5.41, 5.74) is 7.60. The number of carbonyl (C=O) groups is 2. The third-order valence-corrected chi connectivity index (χ3v) is 9.07. The lowest BCUT2D eigenvalue weighted by atomic mass is 9.77. The molecule has 1 unspecified atom stereocenters. The third-order valence-electron chi connectivity index (χ3n) is 9.07. The van der Waals surface area contributed by atoms with Crippen LogP contribution in [0.3, 0.4) is 0 Å². The molecule has 0 N–H and O–H groups in total. The molecular weight excluding hydrogens is 522 g/mol. The zero-order chi connectivity index (χ0) is 29.4. The fourth-order valence-electron chi connectivity index (χ4n) is 6.95. The maximum absolute atomic E-state index is 14.1. The third kappa shape index (κ3) is 5.64. The number of ether oxygens (including phenoxy) is 1. The molecule has 2 aromatic rings. The lowest BCUT2D eigenvalue weighted by Crippen LogP contribution is -2.52. The van der Waals surface area contributed by atoms with Crippen molar-refractivity contribution in [3.8, 4) is 0 Å². The van der Waals surface area contributed by atoms with E-state index in [-0.39, 0.29) is 18.0 Å². The SMILES string of the molecule is C=Cc1ccc2c(c1)N1CC(C(=O)N3CCN(C(=O)OC(C)(C)C)CC3)=Cc3ccccc3C1C=C2C1CCCCC1. The first-order valence-electron chi connectivity index (χ1n) is 15.5. The predicted molar refractivity (Wildman–Crippen MR) is 170 cm³/mol. The topological polar surface area (TPSA) is 53.1 Å². The molecule has 4 aliphatic rings. The molecule has 1 aliphatic carbocycles. The van der Waals surface area contributed by atoms with Crippen molar-refractivity contribution in [2.24, 2.45) is 5.92 Å². The molecule has 6 nitrogen and oxygen atoms in total. The van der Waals surface area contributed by atoms with Gasteiger partial charge in [0.05, 0.1) is 6.04 Å². The predicted octanol–water partition coefficient (Wildman–Crippen LogP) is 7.33. The number of benzene rings is 2. The first kappa shape index (κ1) is 28.3. The molecule has 1 saturated carbocycles. The van der Waals surface area contributed by atoms with Gasteiger partial charge in [0.15, 0.2) is 0 Å². The van der Waals surface area contributed by atoms with E-state index in [1.807, 2.05) is 31.7 Å². The largest absolute Gasteiger partial charge is 0.444 e. The lowest BCUT2D eigenvalue weighted by molar-refractivity contribution is -0.128. The standard InChI is InChI=1S/C36H43N3O3/c1-5-25-15-16-30-31(26-11-7-6-8-12-26)23-33-29-14-10-9-13-27(29)22-28(24-39(33)32(30)21-25)34(40)37-17-19-38(20-18-37)35(41)42-36(2,3)4/h5,9-10,13-16,21-23,26,33H,1,6-8,11-12,17-20,24H2,2-4H3. The molecule has 0 aromatic heterocycles. The van der Waals surface area contributed by atoms with Gasteiger partial charge < -0.3 is 19.4 Å². The minimum absolute atomic E-state index is 0.0396. The maximum atomic E-state index is 14.1. The summed E-state index contributed by atoms with van der Waals surface area (Å²) in [5, 5.41) is 0. The molecule has 3 aliphatic heterocycles. The molecule has 2 fully saturated rings. The smallest absolute Gasteiger partial charge is 0.410 e. The Morgan fingerprint density at radius 1 is 0.952 bits per heavy atom. The Hall–Kier alpha value is -3.80. The molecule has 2 amide bonds. The normalized spacial score (nSPS) is 20.8. The summed E-state index contributed by atoms with van der Waals surface area (Å²) in [4.78, 5) is 32.7. The summed E-state index contributed by atoms with van der Waals surface area (Å²) in [7, 11) is 0. The van der Waals surface area contributed by atoms with Gasteiger partial charge in [0.2, 0.25) is 0 Å². The van der Waals surface area contributed by atoms with E-state index in [4.69, 9.17) is 4.74 Å². The van der Waals surface area contributed by atoms with Crippen LogP contribution in [0.15, 0.2) is 60.7 Å². The molecular formula is C36H43N3O3. The summed E-state index contributed by atoms with van der Waals surface area (Å²) in [6.45, 7) is 12.1. The Labute approximate surface area is 250 Å². The maximum Gasteiger partial charge on any atom is 0.410 e. The number of allylic oxidation sites excluding steroid dienone is 1. The van der Waals surface area contributed by atoms with E-state index in [2.05, 4.69) is 66.1 Å². The molecule has 42 heavy (non-hydrogen) atoms. The Morgan fingerprint density at radius 3 is 2.38 bits per heavy atom. The van der Waals surface area contributed by atoms with Crippen molar-refractivity contribution in [3.05, 3.63) is 82.9 Å². The second-order valence-corrected chi connectivity index (χ2v) is 13.1. The van der Waals surface area contributed by atoms with Gasteiger partial charge in [-0.05, 0) is 73.9 Å². The average molecular weight is 566 g/mol. The van der Waals surface area contributed by atoms with Gasteiger partial charge in [-0.25, -0.2) is 4.79 Å². The van der Waals surface area contributed by atoms with Crippen LogP contribution in [0.1, 0.15) is 81.2 Å². The van der Waals surface area contributed by atoms with Gasteiger partial charge in [-0.3, -0.25) is 4.79 Å². The second kappa shape index (κ2) is 11.5. The first-order chi connectivity index (χ1) is 20.2. The van der Waals surface area contributed by atoms with Crippen molar-refractivity contribution in [3.63, 3.8) is 0 Å². The van der Waals surface area contributed by atoms with Crippen molar-refractivity contribution in [1.82, 2.24) is 9.80 Å². The van der Waals surface area contributed by atoms with E-state index in [0.717, 1.165) is 16.7 Å². The van der Waals surface area contributed by atoms with Gasteiger partial charge in [0, 0.05) is 49.5 Å². The number of fused-ring (bicyclic) bond motifs is 5. The van der Waals surface area contributed by atoms with Gasteiger partial charge in [-0.2, -0.15) is 0 Å². The van der Waals surface area contributed by atoms with Gasteiger partial charge >= 0.3 is 6.09 Å². The van der Waals surface area contributed by atoms with E-state index < -0.39 is 5.60 Å². The molecule has 1 saturated heterocycles. The molecule has 6 rings (SSSR count). The van der Waals surface area contributed by atoms with Gasteiger partial charge in [-0.15, -0.1) is 0 Å². The summed E-state index contributed by atoms with van der Waals surface area (Å²) < 4.78 is 5.56. The Kier molecular flexibility index (Phi) is 7.73. The number of hydrogen-bond acceptors (Lipinski definition) is 4. The minimum atomic E-state index is -0.541. The summed E-state index contributed by atoms with van der Waals surface area (Å²) in [6.07, 6.45) is 12.6. The molecule has 0 spiro atoms. The van der Waals surface area contributed by atoms with Crippen LogP contribution in [0, 0.1) is 5.92 Å². The summed E-state index contributed by atoms with van der Waals surface area (Å²) in [5.74, 6) is 0.609. The quantitative estimate of drug-likeness (QED) is 0.391. The zero-order valence-corrected chi connectivity index (χ0v) is 25.3. The monoisotopic (exact) mass is 565 g/mol. The highest BCUT2D eigenvalue weighted by Gasteiger charge is 2.36. The van der Waals surface area contributed by atoms with Crippen molar-refractivity contribution < 1.29 is 14.3 Å². The molecule has 2 aromatic carbocycles. The van der Waals surface area contributed by atoms with E-state index in [1.165, 1.54) is 54.5 Å². The van der Waals surface area contributed by atoms with E-state index in [9.17, 15) is 9.59 Å². The van der Waals surface area contributed by atoms with Gasteiger partial charge in [0.1, 0.15) is 5.60 Å². The first-order valence-corrected chi connectivity index (χ1v) is 15.5. The number of nitrogens with zero attached hydrogens (tertiary/aromatic N) is 3. The molecule has 3 heterocycles. The highest BCUT2D eigenvalue weighted by atomic mass is 16.6. The highest BCUT2D eigenvalue weighted by Crippen LogP contribution is 2.48. The van der Waals surface area contributed by atoms with Crippen LogP contribution in [-0.2, 0) is 9.53 Å². The Bertz CT molecular complexity index is 1440. The second-order valence-electron chi connectivity index (χ2n) is 13.1. The van der Waals surface area contributed by atoms with E-state index in [0.29, 0.717) is 38.6 Å². The van der Waals surface area contributed by atoms with Gasteiger partial charge in [0.25, 0.3) is 5.91 Å². The lowest BCUT2D eigenvalue weighted by Gasteiger charge is -2.41. The van der Waals surface area contributed by atoms with Crippen LogP contribution in [0.4, 0.5) is 10.5 Å². The molecule has 0 radical (unpaired) electrons. The number of amides is 2. The molecule has 1 atom stereocenters. The van der Waals surface area contributed by atoms with Crippen molar-refractivity contribution >= 4 is 35.4 Å². The van der Waals surface area contributed by atoms with Gasteiger partial charge in [-0.1, -0.05) is 74.4 Å². The van der Waals surface area contributed by atoms with E-state index >= 15 is 0 Å². The fourth-order valence-corrected chi connectivity index (χ4v) is 6.95. The fraction of sp³-hybridized carbons (Fsp3) is 0.444. The zero-order valence-electron chi connectivity index (χ0n) is 25.3. The van der Waals surface area contributed by atoms with Crippen LogP contribution in [-0.4, -0.2) is 60.1 Å². The van der Waals surface area contributed by atoms with Crippen LogP contribution in [0.5, 0.6) is 0 Å². The van der Waals surface area contributed by atoms with Crippen molar-refractivity contribution in [1.29, 1.82) is 0 Å². The number of anilines is 1. The number of carbonyl (C=O) groups excluding carboxylic acids is 2. The summed E-state index contributed by atoms with van der Waals surface area (Å²) in [6, 6.07) is 15.3. The highest BCUT2D eigenvalue weighted by molar-refractivity contribution is 6.00. The molecule has 0 bridgehead atoms. The van der Waals surface area contributed by atoms with Crippen molar-refractivity contribution in [2.75, 3.05) is 37.6 Å². The summed E-state index contributed by atoms with van der Waals surface area (Å²) >= 11 is 0. The van der Waals surface area contributed by atoms with Crippen molar-refractivity contribution in [2.45, 2.75) is 64.5 Å². The number of hydrogen-bond donors (Lipinski definition) is 0. The van der Waals surface area contributed by atoms with Crippen LogP contribution in [0.2, 0.25) is 0 Å². The Balaban J connectivity index is 1.32. The Morgan fingerprint density at radius 2 is 1.67 bits per heavy atom. The minimum Gasteiger partial charge on any atom is -0.444 e. The average Bonchev–Trinajstić information content (AvgIpc) is 3.17.